The molecule has 0 spiro atoms. The van der Waals surface area contributed by atoms with Crippen molar-refractivity contribution in [2.24, 2.45) is 0 Å². The predicted molar refractivity (Wildman–Crippen MR) is 102 cm³/mol. The molecular formula is C21H40O4. The molecule has 0 unspecified atom stereocenters. The van der Waals surface area contributed by atoms with E-state index < -0.39 is 0 Å². The molecule has 0 aromatic rings. The standard InChI is InChI=1S/C21H40O4/c1-3-4-5-6-7-8-9-10-11-12-13-16-19-24-25-21(23)18-15-14-17-20(2)22/h3-19H2,1-2H3. The van der Waals surface area contributed by atoms with Gasteiger partial charge in [-0.2, -0.15) is 4.89 Å². The molecule has 0 bridgehead atoms. The molecule has 0 aliphatic heterocycles. The minimum atomic E-state index is -0.331. The van der Waals surface area contributed by atoms with E-state index in [0.717, 1.165) is 19.3 Å². The van der Waals surface area contributed by atoms with E-state index in [4.69, 9.17) is 9.78 Å². The average molecular weight is 357 g/mol. The van der Waals surface area contributed by atoms with Crippen molar-refractivity contribution >= 4 is 11.8 Å². The molecule has 0 heterocycles. The van der Waals surface area contributed by atoms with Crippen LogP contribution in [0.1, 0.15) is 117 Å². The Morgan fingerprint density at radius 3 is 1.64 bits per heavy atom. The normalized spacial score (nSPS) is 10.8. The highest BCUT2D eigenvalue weighted by atomic mass is 17.2. The maximum absolute atomic E-state index is 11.4. The highest BCUT2D eigenvalue weighted by molar-refractivity contribution is 5.75. The first-order valence-electron chi connectivity index (χ1n) is 10.5. The SMILES string of the molecule is CCCCCCCCCCCCCCOOC(=O)CCCCC(C)=O. The number of rotatable bonds is 19. The van der Waals surface area contributed by atoms with Gasteiger partial charge in [0.15, 0.2) is 0 Å². The number of carbonyl (C=O) groups excluding carboxylic acids is 2. The molecule has 0 saturated heterocycles. The topological polar surface area (TPSA) is 52.6 Å². The van der Waals surface area contributed by atoms with Gasteiger partial charge in [0.1, 0.15) is 5.78 Å². The molecule has 0 amide bonds. The summed E-state index contributed by atoms with van der Waals surface area (Å²) in [6.45, 7) is 4.31. The van der Waals surface area contributed by atoms with Gasteiger partial charge in [-0.25, -0.2) is 4.79 Å². The lowest BCUT2D eigenvalue weighted by atomic mass is 10.1. The van der Waals surface area contributed by atoms with E-state index in [1.165, 1.54) is 64.2 Å². The molecule has 0 aromatic heterocycles. The molecule has 0 aromatic carbocycles. The monoisotopic (exact) mass is 356 g/mol. The van der Waals surface area contributed by atoms with Crippen LogP contribution in [0.2, 0.25) is 0 Å². The zero-order valence-electron chi connectivity index (χ0n) is 16.7. The summed E-state index contributed by atoms with van der Waals surface area (Å²) in [7, 11) is 0. The van der Waals surface area contributed by atoms with E-state index in [1.807, 2.05) is 0 Å². The van der Waals surface area contributed by atoms with E-state index in [0.29, 0.717) is 25.9 Å². The first kappa shape index (κ1) is 24.1. The third-order valence-corrected chi connectivity index (χ3v) is 4.39. The summed E-state index contributed by atoms with van der Waals surface area (Å²) in [5.74, 6) is -0.168. The second-order valence-electron chi connectivity index (χ2n) is 7.08. The molecular weight excluding hydrogens is 316 g/mol. The van der Waals surface area contributed by atoms with Crippen molar-refractivity contribution in [3.8, 4) is 0 Å². The fourth-order valence-electron chi connectivity index (χ4n) is 2.79. The van der Waals surface area contributed by atoms with Gasteiger partial charge in [0.25, 0.3) is 0 Å². The van der Waals surface area contributed by atoms with E-state index >= 15 is 0 Å². The van der Waals surface area contributed by atoms with Crippen LogP contribution in [0.15, 0.2) is 0 Å². The van der Waals surface area contributed by atoms with Gasteiger partial charge in [-0.05, 0) is 26.2 Å². The van der Waals surface area contributed by atoms with Crippen molar-refractivity contribution in [2.75, 3.05) is 6.61 Å². The minimum Gasteiger partial charge on any atom is -0.300 e. The zero-order chi connectivity index (χ0) is 18.6. The summed E-state index contributed by atoms with van der Waals surface area (Å²) < 4.78 is 0. The number of carbonyl (C=O) groups is 2. The lowest BCUT2D eigenvalue weighted by Gasteiger charge is -2.04. The van der Waals surface area contributed by atoms with E-state index in [1.54, 1.807) is 6.92 Å². The van der Waals surface area contributed by atoms with Crippen molar-refractivity contribution in [1.29, 1.82) is 0 Å². The highest BCUT2D eigenvalue weighted by Gasteiger charge is 2.04. The Kier molecular flexibility index (Phi) is 18.7. The third kappa shape index (κ3) is 21.1. The molecule has 0 aliphatic rings. The van der Waals surface area contributed by atoms with Gasteiger partial charge in [0, 0.05) is 12.8 Å². The Morgan fingerprint density at radius 1 is 0.640 bits per heavy atom. The van der Waals surface area contributed by atoms with Gasteiger partial charge in [-0.1, -0.05) is 77.6 Å². The average Bonchev–Trinajstić information content (AvgIpc) is 2.59. The first-order chi connectivity index (χ1) is 12.2. The van der Waals surface area contributed by atoms with Crippen LogP contribution in [0.3, 0.4) is 0 Å². The third-order valence-electron chi connectivity index (χ3n) is 4.39. The Hall–Kier alpha value is -0.900. The first-order valence-corrected chi connectivity index (χ1v) is 10.5. The summed E-state index contributed by atoms with van der Waals surface area (Å²) in [6, 6.07) is 0. The van der Waals surface area contributed by atoms with Gasteiger partial charge in [0.05, 0.1) is 6.61 Å². The fourth-order valence-corrected chi connectivity index (χ4v) is 2.79. The Bertz CT molecular complexity index is 315. The van der Waals surface area contributed by atoms with Gasteiger partial charge >= 0.3 is 5.97 Å². The summed E-state index contributed by atoms with van der Waals surface area (Å²) in [6.07, 6.45) is 17.9. The molecule has 0 N–H and O–H groups in total. The lowest BCUT2D eigenvalue weighted by molar-refractivity contribution is -0.272. The Morgan fingerprint density at radius 2 is 1.12 bits per heavy atom. The Labute approximate surface area is 155 Å². The summed E-state index contributed by atoms with van der Waals surface area (Å²) in [4.78, 5) is 31.8. The highest BCUT2D eigenvalue weighted by Crippen LogP contribution is 2.12. The van der Waals surface area contributed by atoms with Crippen molar-refractivity contribution in [2.45, 2.75) is 117 Å². The smallest absolute Gasteiger partial charge is 0.300 e. The zero-order valence-corrected chi connectivity index (χ0v) is 16.7. The van der Waals surface area contributed by atoms with Gasteiger partial charge in [-0.15, -0.1) is 0 Å². The minimum absolute atomic E-state index is 0.164. The van der Waals surface area contributed by atoms with Crippen LogP contribution in [0.25, 0.3) is 0 Å². The molecule has 0 radical (unpaired) electrons. The largest absolute Gasteiger partial charge is 0.342 e. The molecule has 0 fully saturated rings. The predicted octanol–water partition coefficient (Wildman–Crippen LogP) is 6.31. The number of Topliss-reactive ketones (excluding diaryl/α,β-unsaturated/α-hetero) is 1. The number of unbranched alkanes of at least 4 members (excludes halogenated alkanes) is 12. The van der Waals surface area contributed by atoms with Crippen molar-refractivity contribution in [3.05, 3.63) is 0 Å². The molecule has 148 valence electrons. The lowest BCUT2D eigenvalue weighted by Crippen LogP contribution is -2.06. The van der Waals surface area contributed by atoms with Crippen molar-refractivity contribution in [1.82, 2.24) is 0 Å². The van der Waals surface area contributed by atoms with Crippen molar-refractivity contribution < 1.29 is 19.4 Å². The molecule has 0 saturated carbocycles. The second kappa shape index (κ2) is 19.4. The number of hydrogen-bond acceptors (Lipinski definition) is 4. The molecule has 4 nitrogen and oxygen atoms in total. The van der Waals surface area contributed by atoms with Gasteiger partial charge in [-0.3, -0.25) is 4.89 Å². The van der Waals surface area contributed by atoms with E-state index in [2.05, 4.69) is 6.92 Å². The Balaban J connectivity index is 3.13. The second-order valence-corrected chi connectivity index (χ2v) is 7.08. The fraction of sp³-hybridized carbons (Fsp3) is 0.905. The maximum Gasteiger partial charge on any atom is 0.342 e. The van der Waals surface area contributed by atoms with Crippen LogP contribution in [0, 0.1) is 0 Å². The van der Waals surface area contributed by atoms with Crippen LogP contribution >= 0.6 is 0 Å². The van der Waals surface area contributed by atoms with Gasteiger partial charge in [0.2, 0.25) is 0 Å². The van der Waals surface area contributed by atoms with Crippen LogP contribution in [0.4, 0.5) is 0 Å². The molecule has 0 rings (SSSR count). The molecule has 0 aliphatic carbocycles. The van der Waals surface area contributed by atoms with Gasteiger partial charge < -0.3 is 4.79 Å². The van der Waals surface area contributed by atoms with Crippen LogP contribution in [-0.2, 0) is 19.4 Å². The van der Waals surface area contributed by atoms with Crippen molar-refractivity contribution in [3.63, 3.8) is 0 Å². The number of hydrogen-bond donors (Lipinski definition) is 0. The maximum atomic E-state index is 11.4. The quantitative estimate of drug-likeness (QED) is 0.154. The van der Waals surface area contributed by atoms with Crippen LogP contribution in [0.5, 0.6) is 0 Å². The molecule has 0 atom stereocenters. The summed E-state index contributed by atoms with van der Waals surface area (Å²) >= 11 is 0. The molecule has 25 heavy (non-hydrogen) atoms. The van der Waals surface area contributed by atoms with E-state index in [9.17, 15) is 9.59 Å². The summed E-state index contributed by atoms with van der Waals surface area (Å²) in [5, 5.41) is 0. The van der Waals surface area contributed by atoms with Crippen LogP contribution < -0.4 is 0 Å². The summed E-state index contributed by atoms with van der Waals surface area (Å²) in [5.41, 5.74) is 0. The van der Waals surface area contributed by atoms with E-state index in [-0.39, 0.29) is 11.8 Å². The van der Waals surface area contributed by atoms with Crippen LogP contribution in [-0.4, -0.2) is 18.4 Å². The number of ketones is 1. The molecule has 4 heteroatoms.